The van der Waals surface area contributed by atoms with Gasteiger partial charge < -0.3 is 0 Å². The summed E-state index contributed by atoms with van der Waals surface area (Å²) in [5, 5.41) is 0. The van der Waals surface area contributed by atoms with Crippen LogP contribution in [0.25, 0.3) is 11.1 Å². The number of allylic oxidation sites excluding steroid dienone is 6. The Morgan fingerprint density at radius 3 is 2.74 bits per heavy atom. The van der Waals surface area contributed by atoms with Crippen LogP contribution in [0.3, 0.4) is 0 Å². The Morgan fingerprint density at radius 1 is 1.07 bits per heavy atom. The summed E-state index contributed by atoms with van der Waals surface area (Å²) in [5.74, 6) is 4.51. The van der Waals surface area contributed by atoms with Gasteiger partial charge >= 0.3 is 0 Å². The molecule has 0 aromatic heterocycles. The van der Waals surface area contributed by atoms with Gasteiger partial charge in [-0.3, -0.25) is 4.79 Å². The van der Waals surface area contributed by atoms with Crippen molar-refractivity contribution in [3.63, 3.8) is 0 Å². The molecule has 0 saturated heterocycles. The maximum absolute atomic E-state index is 11.2. The molecule has 2 atom stereocenters. The van der Waals surface area contributed by atoms with Crippen molar-refractivity contribution in [2.45, 2.75) is 19.8 Å². The molecule has 2 aromatic rings. The van der Waals surface area contributed by atoms with Crippen LogP contribution in [0.5, 0.6) is 0 Å². The Hall–Kier alpha value is -3.11. The van der Waals surface area contributed by atoms with Crippen molar-refractivity contribution >= 4 is 16.9 Å². The van der Waals surface area contributed by atoms with Crippen molar-refractivity contribution in [3.8, 4) is 12.3 Å². The summed E-state index contributed by atoms with van der Waals surface area (Å²) < 4.78 is 0. The first-order valence-corrected chi connectivity index (χ1v) is 9.40. The van der Waals surface area contributed by atoms with E-state index in [9.17, 15) is 4.79 Å². The number of fused-ring (bicyclic) bond motifs is 2. The normalized spacial score (nSPS) is 21.6. The van der Waals surface area contributed by atoms with Crippen LogP contribution in [0.15, 0.2) is 72.8 Å². The fraction of sp³-hybridized carbons (Fsp3) is 0.192. The fourth-order valence-corrected chi connectivity index (χ4v) is 3.76. The lowest BCUT2D eigenvalue weighted by molar-refractivity contribution is -0.114. The second kappa shape index (κ2) is 7.25. The van der Waals surface area contributed by atoms with E-state index in [0.717, 1.165) is 28.5 Å². The molecule has 1 fully saturated rings. The Balaban J connectivity index is 0.000000137. The predicted molar refractivity (Wildman–Crippen MR) is 112 cm³/mol. The molecule has 0 radical (unpaired) electrons. The predicted octanol–water partition coefficient (Wildman–Crippen LogP) is 5.47. The Bertz CT molecular complexity index is 1030. The van der Waals surface area contributed by atoms with Crippen LogP contribution >= 0.6 is 0 Å². The van der Waals surface area contributed by atoms with E-state index in [4.69, 9.17) is 6.42 Å². The smallest absolute Gasteiger partial charge is 0.160 e. The number of carbonyl (C=O) groups excluding carboxylic acids is 1. The van der Waals surface area contributed by atoms with Crippen LogP contribution in [0.4, 0.5) is 0 Å². The molecule has 3 aliphatic carbocycles. The van der Waals surface area contributed by atoms with Gasteiger partial charge in [-0.2, -0.15) is 0 Å². The van der Waals surface area contributed by atoms with E-state index in [1.165, 1.54) is 23.1 Å². The highest BCUT2D eigenvalue weighted by Gasteiger charge is 2.34. The highest BCUT2D eigenvalue weighted by Crippen LogP contribution is 2.45. The standard InChI is InChI=1S/C15H12.C11H10O/c1-2-11-4-3-5-12(8-11)13-6-7-14-10-15(14)9-13;1-8-6-10(12)7-9-4-2-3-5-11(8)9/h1,3-9,14-15H,10H2;2-6H,7H2,1H3. The highest BCUT2D eigenvalue weighted by atomic mass is 16.1. The summed E-state index contributed by atoms with van der Waals surface area (Å²) in [5.41, 5.74) is 6.99. The average Bonchev–Trinajstić information content (AvgIpc) is 3.47. The zero-order valence-corrected chi connectivity index (χ0v) is 15.5. The van der Waals surface area contributed by atoms with Crippen molar-refractivity contribution in [1.82, 2.24) is 0 Å². The maximum Gasteiger partial charge on any atom is 0.160 e. The molecule has 3 aliphatic rings. The lowest BCUT2D eigenvalue weighted by Crippen LogP contribution is -2.07. The van der Waals surface area contributed by atoms with E-state index < -0.39 is 0 Å². The van der Waals surface area contributed by atoms with Crippen LogP contribution < -0.4 is 0 Å². The summed E-state index contributed by atoms with van der Waals surface area (Å²) in [7, 11) is 0. The van der Waals surface area contributed by atoms with Crippen molar-refractivity contribution in [1.29, 1.82) is 0 Å². The van der Waals surface area contributed by atoms with Gasteiger partial charge in [0, 0.05) is 12.0 Å². The lowest BCUT2D eigenvalue weighted by atomic mass is 9.91. The fourth-order valence-electron chi connectivity index (χ4n) is 3.76. The topological polar surface area (TPSA) is 17.1 Å². The van der Waals surface area contributed by atoms with E-state index in [1.807, 2.05) is 37.3 Å². The van der Waals surface area contributed by atoms with E-state index in [1.54, 1.807) is 6.08 Å². The van der Waals surface area contributed by atoms with Crippen LogP contribution in [-0.2, 0) is 11.2 Å². The number of hydrogen-bond donors (Lipinski definition) is 0. The van der Waals surface area contributed by atoms with Gasteiger partial charge in [0.1, 0.15) is 0 Å². The highest BCUT2D eigenvalue weighted by molar-refractivity contribution is 6.01. The molecule has 132 valence electrons. The lowest BCUT2D eigenvalue weighted by Gasteiger charge is -2.12. The molecule has 1 heteroatoms. The van der Waals surface area contributed by atoms with Gasteiger partial charge in [0.2, 0.25) is 0 Å². The van der Waals surface area contributed by atoms with Crippen LogP contribution in [0.2, 0.25) is 0 Å². The molecule has 2 aromatic carbocycles. The molecular weight excluding hydrogens is 328 g/mol. The van der Waals surface area contributed by atoms with Gasteiger partial charge in [-0.1, -0.05) is 60.5 Å². The number of hydrogen-bond acceptors (Lipinski definition) is 1. The van der Waals surface area contributed by atoms with Gasteiger partial charge in [-0.15, -0.1) is 6.42 Å². The third kappa shape index (κ3) is 3.86. The molecule has 0 spiro atoms. The third-order valence-corrected chi connectivity index (χ3v) is 5.35. The van der Waals surface area contributed by atoms with Gasteiger partial charge in [0.15, 0.2) is 5.78 Å². The monoisotopic (exact) mass is 350 g/mol. The van der Waals surface area contributed by atoms with Gasteiger partial charge in [-0.05, 0) is 71.2 Å². The third-order valence-electron chi connectivity index (χ3n) is 5.35. The minimum atomic E-state index is 0.214. The molecule has 27 heavy (non-hydrogen) atoms. The van der Waals surface area contributed by atoms with Crippen molar-refractivity contribution in [2.24, 2.45) is 11.8 Å². The van der Waals surface area contributed by atoms with Crippen LogP contribution in [0, 0.1) is 24.2 Å². The van der Waals surface area contributed by atoms with Crippen LogP contribution in [0.1, 0.15) is 35.6 Å². The van der Waals surface area contributed by atoms with Gasteiger partial charge in [0.25, 0.3) is 0 Å². The Morgan fingerprint density at radius 2 is 1.93 bits per heavy atom. The minimum absolute atomic E-state index is 0.214. The first-order valence-electron chi connectivity index (χ1n) is 9.40. The molecule has 0 amide bonds. The molecule has 0 bridgehead atoms. The largest absolute Gasteiger partial charge is 0.294 e. The molecule has 0 aliphatic heterocycles. The molecular formula is C26H22O. The zero-order chi connectivity index (χ0) is 18.8. The van der Waals surface area contributed by atoms with Crippen LogP contribution in [-0.4, -0.2) is 5.78 Å². The molecule has 1 saturated carbocycles. The summed E-state index contributed by atoms with van der Waals surface area (Å²) in [6.45, 7) is 1.98. The average molecular weight is 350 g/mol. The molecule has 0 N–H and O–H groups in total. The van der Waals surface area contributed by atoms with Crippen molar-refractivity contribution in [2.75, 3.05) is 0 Å². The minimum Gasteiger partial charge on any atom is -0.294 e. The summed E-state index contributed by atoms with van der Waals surface area (Å²) >= 11 is 0. The van der Waals surface area contributed by atoms with Gasteiger partial charge in [-0.25, -0.2) is 0 Å². The SMILES string of the molecule is C#Cc1cccc(C2=CC3CC3C=C2)c1.CC1=CC(=O)Cc2ccccc21. The van der Waals surface area contributed by atoms with Gasteiger partial charge in [0.05, 0.1) is 0 Å². The zero-order valence-electron chi connectivity index (χ0n) is 15.5. The number of ketones is 1. The van der Waals surface area contributed by atoms with E-state index in [2.05, 4.69) is 42.3 Å². The first kappa shape index (κ1) is 17.3. The van der Waals surface area contributed by atoms with Crippen molar-refractivity contribution in [3.05, 3.63) is 95.1 Å². The molecule has 5 rings (SSSR count). The Kier molecular flexibility index (Phi) is 4.65. The van der Waals surface area contributed by atoms with E-state index in [-0.39, 0.29) is 5.78 Å². The van der Waals surface area contributed by atoms with Crippen molar-refractivity contribution < 1.29 is 4.79 Å². The summed E-state index contributed by atoms with van der Waals surface area (Å²) in [6.07, 6.45) is 15.9. The van der Waals surface area contributed by atoms with E-state index in [0.29, 0.717) is 6.42 Å². The summed E-state index contributed by atoms with van der Waals surface area (Å²) in [4.78, 5) is 11.2. The number of carbonyl (C=O) groups is 1. The first-order chi connectivity index (χ1) is 13.1. The number of benzene rings is 2. The number of terminal acetylenes is 1. The molecule has 2 unspecified atom stereocenters. The maximum atomic E-state index is 11.2. The number of rotatable bonds is 1. The van der Waals surface area contributed by atoms with E-state index >= 15 is 0 Å². The quantitative estimate of drug-likeness (QED) is 0.623. The Labute approximate surface area is 161 Å². The second-order valence-electron chi connectivity index (χ2n) is 7.40. The second-order valence-corrected chi connectivity index (χ2v) is 7.40. The molecule has 0 heterocycles. The molecule has 1 nitrogen and oxygen atoms in total. The summed E-state index contributed by atoms with van der Waals surface area (Å²) in [6, 6.07) is 16.3.